The Bertz CT molecular complexity index is 1210. The summed E-state index contributed by atoms with van der Waals surface area (Å²) in [6, 6.07) is 15.4. The molecule has 1 amide bonds. The van der Waals surface area contributed by atoms with Crippen molar-refractivity contribution in [2.45, 2.75) is 33.0 Å². The van der Waals surface area contributed by atoms with E-state index in [0.717, 1.165) is 34.3 Å². The molecular formula is C21H23N5O2. The van der Waals surface area contributed by atoms with Gasteiger partial charge in [0.2, 0.25) is 5.91 Å². The minimum Gasteiger partial charge on any atom is -0.347 e. The number of hydrogen-bond acceptors (Lipinski definition) is 3. The zero-order chi connectivity index (χ0) is 19.7. The third-order valence-electron chi connectivity index (χ3n) is 5.00. The normalized spacial score (nSPS) is 11.4. The van der Waals surface area contributed by atoms with Crippen LogP contribution in [0.3, 0.4) is 0 Å². The van der Waals surface area contributed by atoms with E-state index in [4.69, 9.17) is 0 Å². The number of rotatable bonds is 6. The number of aryl methyl sites for hydroxylation is 2. The molecule has 7 nitrogen and oxygen atoms in total. The van der Waals surface area contributed by atoms with Crippen molar-refractivity contribution in [3.8, 4) is 0 Å². The second kappa shape index (κ2) is 7.34. The lowest BCUT2D eigenvalue weighted by Gasteiger charge is -2.07. The molecule has 28 heavy (non-hydrogen) atoms. The van der Waals surface area contributed by atoms with Crippen LogP contribution in [0.4, 0.5) is 0 Å². The molecule has 0 atom stereocenters. The van der Waals surface area contributed by atoms with E-state index < -0.39 is 0 Å². The smallest absolute Gasteiger partial charge is 0.329 e. The summed E-state index contributed by atoms with van der Waals surface area (Å²) in [5.74, 6) is 0.559. The Morgan fingerprint density at radius 2 is 1.64 bits per heavy atom. The molecule has 2 aromatic heterocycles. The maximum Gasteiger partial charge on any atom is 0.329 e. The highest BCUT2D eigenvalue weighted by Crippen LogP contribution is 2.15. The van der Waals surface area contributed by atoms with Gasteiger partial charge in [0.05, 0.1) is 28.6 Å². The molecule has 4 aromatic rings. The number of amides is 1. The molecule has 4 rings (SSSR count). The van der Waals surface area contributed by atoms with Crippen LogP contribution in [0.25, 0.3) is 22.1 Å². The molecule has 2 aromatic carbocycles. The summed E-state index contributed by atoms with van der Waals surface area (Å²) >= 11 is 0. The van der Waals surface area contributed by atoms with Crippen molar-refractivity contribution >= 4 is 28.0 Å². The zero-order valence-corrected chi connectivity index (χ0v) is 16.1. The first-order valence-electron chi connectivity index (χ1n) is 9.45. The van der Waals surface area contributed by atoms with Crippen molar-refractivity contribution in [1.82, 2.24) is 24.0 Å². The molecule has 144 valence electrons. The van der Waals surface area contributed by atoms with Crippen LogP contribution in [0, 0.1) is 0 Å². The largest absolute Gasteiger partial charge is 0.347 e. The Balaban J connectivity index is 1.55. The molecule has 0 radical (unpaired) electrons. The number of imidazole rings is 2. The van der Waals surface area contributed by atoms with Crippen molar-refractivity contribution in [1.29, 1.82) is 0 Å². The van der Waals surface area contributed by atoms with Gasteiger partial charge in [0, 0.05) is 13.6 Å². The Morgan fingerprint density at radius 3 is 2.32 bits per heavy atom. The van der Waals surface area contributed by atoms with E-state index in [1.165, 1.54) is 4.57 Å². The van der Waals surface area contributed by atoms with E-state index in [1.807, 2.05) is 67.1 Å². The summed E-state index contributed by atoms with van der Waals surface area (Å²) in [4.78, 5) is 29.9. The average Bonchev–Trinajstić information content (AvgIpc) is 3.17. The predicted molar refractivity (Wildman–Crippen MR) is 109 cm³/mol. The van der Waals surface area contributed by atoms with Crippen LogP contribution in [0.2, 0.25) is 0 Å². The van der Waals surface area contributed by atoms with E-state index in [2.05, 4.69) is 10.3 Å². The maximum atomic E-state index is 12.8. The van der Waals surface area contributed by atoms with Crippen LogP contribution in [0.1, 0.15) is 19.2 Å². The number of carbonyl (C=O) groups excluding carboxylic acids is 1. The molecule has 0 fully saturated rings. The predicted octanol–water partition coefficient (Wildman–Crippen LogP) is 2.42. The van der Waals surface area contributed by atoms with Crippen LogP contribution < -0.4 is 11.0 Å². The third kappa shape index (κ3) is 3.09. The monoisotopic (exact) mass is 377 g/mol. The molecule has 7 heteroatoms. The fraction of sp³-hybridized carbons (Fsp3) is 0.286. The van der Waals surface area contributed by atoms with Gasteiger partial charge in [-0.25, -0.2) is 9.78 Å². The lowest BCUT2D eigenvalue weighted by atomic mass is 10.3. The summed E-state index contributed by atoms with van der Waals surface area (Å²) in [7, 11) is 1.93. The highest BCUT2D eigenvalue weighted by atomic mass is 16.2. The van der Waals surface area contributed by atoms with Crippen LogP contribution in [0.15, 0.2) is 53.3 Å². The molecule has 1 N–H and O–H groups in total. The molecule has 0 unspecified atom stereocenters. The number of carbonyl (C=O) groups is 1. The van der Waals surface area contributed by atoms with Gasteiger partial charge in [-0.3, -0.25) is 13.9 Å². The topological polar surface area (TPSA) is 73.8 Å². The summed E-state index contributed by atoms with van der Waals surface area (Å²) in [6.45, 7) is 2.96. The van der Waals surface area contributed by atoms with Gasteiger partial charge in [-0.05, 0) is 30.7 Å². The van der Waals surface area contributed by atoms with Gasteiger partial charge in [0.1, 0.15) is 12.4 Å². The fourth-order valence-electron chi connectivity index (χ4n) is 3.60. The minimum atomic E-state index is -0.214. The molecule has 0 aliphatic rings. The average molecular weight is 377 g/mol. The van der Waals surface area contributed by atoms with Gasteiger partial charge in [0.15, 0.2) is 0 Å². The van der Waals surface area contributed by atoms with Gasteiger partial charge in [-0.15, -0.1) is 0 Å². The number of aromatic nitrogens is 4. The molecule has 0 saturated carbocycles. The Morgan fingerprint density at radius 1 is 1.00 bits per heavy atom. The Labute approximate surface area is 162 Å². The first-order chi connectivity index (χ1) is 13.6. The van der Waals surface area contributed by atoms with Crippen molar-refractivity contribution in [2.75, 3.05) is 0 Å². The van der Waals surface area contributed by atoms with Crippen LogP contribution >= 0.6 is 0 Å². The van der Waals surface area contributed by atoms with Crippen LogP contribution in [-0.2, 0) is 31.5 Å². The molecule has 0 spiro atoms. The van der Waals surface area contributed by atoms with Gasteiger partial charge in [0.25, 0.3) is 0 Å². The molecular weight excluding hydrogens is 354 g/mol. The van der Waals surface area contributed by atoms with Crippen molar-refractivity contribution in [3.05, 3.63) is 64.8 Å². The number of benzene rings is 2. The summed E-state index contributed by atoms with van der Waals surface area (Å²) in [5.41, 5.74) is 3.40. The van der Waals surface area contributed by atoms with Crippen molar-refractivity contribution in [3.63, 3.8) is 0 Å². The Hall–Kier alpha value is -3.35. The molecule has 0 saturated heterocycles. The first kappa shape index (κ1) is 18.0. The molecule has 2 heterocycles. The minimum absolute atomic E-state index is 0.0139. The van der Waals surface area contributed by atoms with Gasteiger partial charge >= 0.3 is 5.69 Å². The van der Waals surface area contributed by atoms with E-state index in [0.29, 0.717) is 13.1 Å². The first-order valence-corrected chi connectivity index (χ1v) is 9.45. The highest BCUT2D eigenvalue weighted by Gasteiger charge is 2.15. The van der Waals surface area contributed by atoms with Gasteiger partial charge < -0.3 is 9.88 Å². The number of nitrogens with zero attached hydrogens (tertiary/aromatic N) is 4. The summed E-state index contributed by atoms with van der Waals surface area (Å²) in [5, 5.41) is 2.89. The van der Waals surface area contributed by atoms with Gasteiger partial charge in [-0.2, -0.15) is 0 Å². The SMILES string of the molecule is CCCn1c(=O)n(CC(=O)NCc2nc3ccccc3n2C)c2ccccc21. The number of hydrogen-bond donors (Lipinski definition) is 1. The van der Waals surface area contributed by atoms with Crippen molar-refractivity contribution < 1.29 is 4.79 Å². The molecule has 0 aliphatic heterocycles. The standard InChI is InChI=1S/C21H23N5O2/c1-3-12-25-17-10-6-7-11-18(17)26(21(25)28)14-20(27)22-13-19-23-15-8-4-5-9-16(15)24(19)2/h4-11H,3,12-14H2,1-2H3,(H,22,27). The van der Waals surface area contributed by atoms with Crippen molar-refractivity contribution in [2.24, 2.45) is 7.05 Å². The zero-order valence-electron chi connectivity index (χ0n) is 16.1. The second-order valence-corrected chi connectivity index (χ2v) is 6.86. The van der Waals surface area contributed by atoms with Gasteiger partial charge in [-0.1, -0.05) is 31.2 Å². The molecule has 0 aliphatic carbocycles. The number of nitrogens with one attached hydrogen (secondary N) is 1. The fourth-order valence-corrected chi connectivity index (χ4v) is 3.60. The number of para-hydroxylation sites is 4. The van der Waals surface area contributed by atoms with Crippen LogP contribution in [-0.4, -0.2) is 24.6 Å². The second-order valence-electron chi connectivity index (χ2n) is 6.86. The quantitative estimate of drug-likeness (QED) is 0.561. The highest BCUT2D eigenvalue weighted by molar-refractivity contribution is 5.81. The number of fused-ring (bicyclic) bond motifs is 2. The van der Waals surface area contributed by atoms with E-state index in [-0.39, 0.29) is 18.1 Å². The lowest BCUT2D eigenvalue weighted by Crippen LogP contribution is -2.33. The summed E-state index contributed by atoms with van der Waals surface area (Å²) < 4.78 is 5.23. The van der Waals surface area contributed by atoms with Crippen LogP contribution in [0.5, 0.6) is 0 Å². The summed E-state index contributed by atoms with van der Waals surface area (Å²) in [6.07, 6.45) is 0.854. The van der Waals surface area contributed by atoms with E-state index >= 15 is 0 Å². The van der Waals surface area contributed by atoms with E-state index in [9.17, 15) is 9.59 Å². The Kier molecular flexibility index (Phi) is 4.73. The maximum absolute atomic E-state index is 12.8. The van der Waals surface area contributed by atoms with E-state index in [1.54, 1.807) is 4.57 Å². The lowest BCUT2D eigenvalue weighted by molar-refractivity contribution is -0.121. The molecule has 0 bridgehead atoms. The third-order valence-corrected chi connectivity index (χ3v) is 5.00.